The van der Waals surface area contributed by atoms with E-state index in [9.17, 15) is 22.0 Å². The molecule has 2 aromatic carbocycles. The van der Waals surface area contributed by atoms with E-state index in [2.05, 4.69) is 4.74 Å². The molecule has 0 aliphatic rings. The lowest BCUT2D eigenvalue weighted by molar-refractivity contribution is -0.137. The first kappa shape index (κ1) is 15.6. The highest BCUT2D eigenvalue weighted by atomic mass is 35.5. The van der Waals surface area contributed by atoms with Crippen LogP contribution in [0.25, 0.3) is 11.1 Å². The standard InChI is InChI=1S/C14H8ClF5O/c15-10-2-1-3-11(21-13(16)17)12(10)8-4-6-9(7-5-8)14(18,19)20/h1-7,13H. The Labute approximate surface area is 121 Å². The van der Waals surface area contributed by atoms with Crippen LogP contribution in [0, 0.1) is 0 Å². The van der Waals surface area contributed by atoms with Gasteiger partial charge in [-0.15, -0.1) is 0 Å². The smallest absolute Gasteiger partial charge is 0.416 e. The van der Waals surface area contributed by atoms with E-state index in [0.717, 1.165) is 24.3 Å². The van der Waals surface area contributed by atoms with Crippen LogP contribution in [0.2, 0.25) is 5.02 Å². The largest absolute Gasteiger partial charge is 0.434 e. The maximum atomic E-state index is 12.5. The van der Waals surface area contributed by atoms with Crippen LogP contribution >= 0.6 is 11.6 Å². The third-order valence-corrected chi connectivity index (χ3v) is 3.01. The van der Waals surface area contributed by atoms with Crippen molar-refractivity contribution in [3.05, 3.63) is 53.1 Å². The molecular weight excluding hydrogens is 315 g/mol. The molecule has 0 saturated carbocycles. The second kappa shape index (κ2) is 5.89. The van der Waals surface area contributed by atoms with Crippen molar-refractivity contribution in [2.24, 2.45) is 0 Å². The molecule has 0 aromatic heterocycles. The van der Waals surface area contributed by atoms with Gasteiger partial charge in [-0.05, 0) is 29.8 Å². The molecule has 0 unspecified atom stereocenters. The van der Waals surface area contributed by atoms with E-state index in [1.54, 1.807) is 0 Å². The van der Waals surface area contributed by atoms with Crippen LogP contribution in [-0.4, -0.2) is 6.61 Å². The zero-order valence-corrected chi connectivity index (χ0v) is 11.1. The van der Waals surface area contributed by atoms with Gasteiger partial charge in [0.15, 0.2) is 0 Å². The highest BCUT2D eigenvalue weighted by Crippen LogP contribution is 2.38. The first-order valence-electron chi connectivity index (χ1n) is 5.70. The maximum Gasteiger partial charge on any atom is 0.416 e. The molecule has 0 atom stereocenters. The summed E-state index contributed by atoms with van der Waals surface area (Å²) in [6.07, 6.45) is -4.47. The Morgan fingerprint density at radius 1 is 0.952 bits per heavy atom. The zero-order valence-electron chi connectivity index (χ0n) is 10.3. The fourth-order valence-corrected chi connectivity index (χ4v) is 2.08. The molecule has 0 aliphatic heterocycles. The Morgan fingerprint density at radius 3 is 2.10 bits per heavy atom. The lowest BCUT2D eigenvalue weighted by atomic mass is 10.0. The van der Waals surface area contributed by atoms with Crippen molar-refractivity contribution in [1.29, 1.82) is 0 Å². The molecule has 0 saturated heterocycles. The van der Waals surface area contributed by atoms with Crippen LogP contribution in [0.15, 0.2) is 42.5 Å². The normalized spacial score (nSPS) is 11.8. The summed E-state index contributed by atoms with van der Waals surface area (Å²) in [5, 5.41) is 0.105. The molecule has 0 fully saturated rings. The summed E-state index contributed by atoms with van der Waals surface area (Å²) in [4.78, 5) is 0. The van der Waals surface area contributed by atoms with Crippen LogP contribution in [0.4, 0.5) is 22.0 Å². The summed E-state index contributed by atoms with van der Waals surface area (Å²) in [6.45, 7) is -3.06. The average molecular weight is 323 g/mol. The predicted molar refractivity (Wildman–Crippen MR) is 68.5 cm³/mol. The number of hydrogen-bond acceptors (Lipinski definition) is 1. The van der Waals surface area contributed by atoms with Crippen molar-refractivity contribution < 1.29 is 26.7 Å². The molecule has 112 valence electrons. The van der Waals surface area contributed by atoms with Gasteiger partial charge in [0.1, 0.15) is 5.75 Å². The summed E-state index contributed by atoms with van der Waals surface area (Å²) >= 11 is 5.93. The third-order valence-electron chi connectivity index (χ3n) is 2.69. The van der Waals surface area contributed by atoms with E-state index in [1.165, 1.54) is 18.2 Å². The summed E-state index contributed by atoms with van der Waals surface area (Å²) in [5.41, 5.74) is -0.466. The van der Waals surface area contributed by atoms with E-state index < -0.39 is 18.4 Å². The third kappa shape index (κ3) is 3.64. The van der Waals surface area contributed by atoms with E-state index in [0.29, 0.717) is 0 Å². The molecule has 21 heavy (non-hydrogen) atoms. The van der Waals surface area contributed by atoms with Gasteiger partial charge < -0.3 is 4.74 Å². The van der Waals surface area contributed by atoms with Gasteiger partial charge in [0.2, 0.25) is 0 Å². The van der Waals surface area contributed by atoms with Crippen molar-refractivity contribution in [2.45, 2.75) is 12.8 Å². The van der Waals surface area contributed by atoms with Crippen LogP contribution in [0.3, 0.4) is 0 Å². The molecule has 0 heterocycles. The number of benzene rings is 2. The summed E-state index contributed by atoms with van der Waals surface area (Å²) in [6, 6.07) is 8.13. The Kier molecular flexibility index (Phi) is 4.37. The molecule has 0 bridgehead atoms. The topological polar surface area (TPSA) is 9.23 Å². The van der Waals surface area contributed by atoms with Crippen molar-refractivity contribution in [1.82, 2.24) is 0 Å². The molecule has 0 amide bonds. The zero-order chi connectivity index (χ0) is 15.6. The molecule has 2 aromatic rings. The van der Waals surface area contributed by atoms with Gasteiger partial charge in [0, 0.05) is 5.56 Å². The Balaban J connectivity index is 2.46. The monoisotopic (exact) mass is 322 g/mol. The summed E-state index contributed by atoms with van der Waals surface area (Å²) in [7, 11) is 0. The van der Waals surface area contributed by atoms with Crippen LogP contribution in [-0.2, 0) is 6.18 Å². The van der Waals surface area contributed by atoms with Crippen molar-refractivity contribution in [3.63, 3.8) is 0 Å². The van der Waals surface area contributed by atoms with E-state index in [-0.39, 0.29) is 21.9 Å². The minimum Gasteiger partial charge on any atom is -0.434 e. The van der Waals surface area contributed by atoms with Gasteiger partial charge in [-0.3, -0.25) is 0 Å². The second-order valence-electron chi connectivity index (χ2n) is 4.07. The minimum absolute atomic E-state index is 0.105. The number of rotatable bonds is 3. The molecule has 0 spiro atoms. The summed E-state index contributed by atoms with van der Waals surface area (Å²) < 4.78 is 66.6. The lowest BCUT2D eigenvalue weighted by Gasteiger charge is -2.13. The molecule has 7 heteroatoms. The average Bonchev–Trinajstić information content (AvgIpc) is 2.37. The number of alkyl halides is 5. The van der Waals surface area contributed by atoms with E-state index >= 15 is 0 Å². The second-order valence-corrected chi connectivity index (χ2v) is 4.47. The first-order valence-corrected chi connectivity index (χ1v) is 6.08. The van der Waals surface area contributed by atoms with Crippen LogP contribution in [0.5, 0.6) is 5.75 Å². The van der Waals surface area contributed by atoms with Crippen molar-refractivity contribution >= 4 is 11.6 Å². The highest BCUT2D eigenvalue weighted by molar-refractivity contribution is 6.33. The van der Waals surface area contributed by atoms with E-state index in [4.69, 9.17) is 11.6 Å². The minimum atomic E-state index is -4.47. The quantitative estimate of drug-likeness (QED) is 0.666. The van der Waals surface area contributed by atoms with Crippen LogP contribution in [0.1, 0.15) is 5.56 Å². The van der Waals surface area contributed by atoms with Gasteiger partial charge in [-0.25, -0.2) is 0 Å². The Hall–Kier alpha value is -1.82. The molecule has 1 nitrogen and oxygen atoms in total. The molecular formula is C14H8ClF5O. The SMILES string of the molecule is FC(F)Oc1cccc(Cl)c1-c1ccc(C(F)(F)F)cc1. The fraction of sp³-hybridized carbons (Fsp3) is 0.143. The number of halogens is 6. The Morgan fingerprint density at radius 2 is 1.57 bits per heavy atom. The Bertz CT molecular complexity index is 622. The molecule has 0 radical (unpaired) electrons. The number of hydrogen-bond donors (Lipinski definition) is 0. The van der Waals surface area contributed by atoms with Gasteiger partial charge in [-0.2, -0.15) is 22.0 Å². The number of ether oxygens (including phenoxy) is 1. The van der Waals surface area contributed by atoms with E-state index in [1.807, 2.05) is 0 Å². The molecule has 2 rings (SSSR count). The molecule has 0 aliphatic carbocycles. The van der Waals surface area contributed by atoms with Gasteiger partial charge >= 0.3 is 12.8 Å². The first-order chi connectivity index (χ1) is 9.79. The van der Waals surface area contributed by atoms with Crippen LogP contribution < -0.4 is 4.74 Å². The van der Waals surface area contributed by atoms with Gasteiger partial charge in [0.05, 0.1) is 10.6 Å². The van der Waals surface area contributed by atoms with Gasteiger partial charge in [0.25, 0.3) is 0 Å². The highest BCUT2D eigenvalue weighted by Gasteiger charge is 2.30. The summed E-state index contributed by atoms with van der Waals surface area (Å²) in [5.74, 6) is -0.197. The lowest BCUT2D eigenvalue weighted by Crippen LogP contribution is -2.05. The van der Waals surface area contributed by atoms with Crippen molar-refractivity contribution in [2.75, 3.05) is 0 Å². The predicted octanol–water partition coefficient (Wildman–Crippen LogP) is 5.63. The molecule has 0 N–H and O–H groups in total. The fourth-order valence-electron chi connectivity index (χ4n) is 1.80. The van der Waals surface area contributed by atoms with Gasteiger partial charge in [-0.1, -0.05) is 29.8 Å². The van der Waals surface area contributed by atoms with Crippen molar-refractivity contribution in [3.8, 4) is 16.9 Å². The maximum absolute atomic E-state index is 12.5.